The van der Waals surface area contributed by atoms with E-state index in [1.165, 1.54) is 0 Å². The molecule has 0 aliphatic carbocycles. The summed E-state index contributed by atoms with van der Waals surface area (Å²) in [5.41, 5.74) is 0. The molecule has 0 aromatic carbocycles. The minimum Gasteiger partial charge on any atom is -0.379 e. The monoisotopic (exact) mass is 116 g/mol. The smallest absolute Gasteiger partial charge is 0.104 e. The molecule has 1 atom stereocenters. The van der Waals surface area contributed by atoms with Gasteiger partial charge in [-0.25, -0.2) is 0 Å². The topological polar surface area (TPSA) is 21.8 Å². The van der Waals surface area contributed by atoms with E-state index in [-0.39, 0.29) is 0 Å². The standard InChI is InChI=1S/C6H12O2/c1-2-3-7-4-6-5-8-6/h6H,2-5H2,1H3/t6-/m0/s1. The molecule has 0 bridgehead atoms. The summed E-state index contributed by atoms with van der Waals surface area (Å²) in [5, 5.41) is 0. The fourth-order valence-corrected chi connectivity index (χ4v) is 0.523. The van der Waals surface area contributed by atoms with E-state index in [9.17, 15) is 0 Å². The van der Waals surface area contributed by atoms with E-state index < -0.39 is 0 Å². The Labute approximate surface area is 49.8 Å². The Kier molecular flexibility index (Phi) is 2.30. The Hall–Kier alpha value is -0.0800. The van der Waals surface area contributed by atoms with Gasteiger partial charge in [0.2, 0.25) is 0 Å². The van der Waals surface area contributed by atoms with Gasteiger partial charge in [0.15, 0.2) is 0 Å². The third kappa shape index (κ3) is 2.28. The summed E-state index contributed by atoms with van der Waals surface area (Å²) in [6.45, 7) is 4.69. The molecule has 0 amide bonds. The Balaban J connectivity index is 1.74. The molecule has 0 radical (unpaired) electrons. The average molecular weight is 116 g/mol. The number of epoxide rings is 1. The van der Waals surface area contributed by atoms with Crippen molar-refractivity contribution in [1.82, 2.24) is 0 Å². The fraction of sp³-hybridized carbons (Fsp3) is 1.00. The van der Waals surface area contributed by atoms with E-state index in [0.717, 1.165) is 26.2 Å². The van der Waals surface area contributed by atoms with Crippen molar-refractivity contribution in [2.45, 2.75) is 19.4 Å². The second kappa shape index (κ2) is 3.05. The molecule has 0 spiro atoms. The Morgan fingerprint density at radius 3 is 3.00 bits per heavy atom. The van der Waals surface area contributed by atoms with Gasteiger partial charge in [-0.05, 0) is 6.42 Å². The Bertz CT molecular complexity index is 59.5. The predicted octanol–water partition coefficient (Wildman–Crippen LogP) is 0.812. The van der Waals surface area contributed by atoms with Gasteiger partial charge < -0.3 is 9.47 Å². The second-order valence-corrected chi connectivity index (χ2v) is 2.03. The first-order chi connectivity index (χ1) is 3.93. The molecule has 1 saturated heterocycles. The molecule has 48 valence electrons. The summed E-state index contributed by atoms with van der Waals surface area (Å²) in [7, 11) is 0. The van der Waals surface area contributed by atoms with Crippen LogP contribution >= 0.6 is 0 Å². The van der Waals surface area contributed by atoms with Crippen LogP contribution in [-0.4, -0.2) is 25.9 Å². The predicted molar refractivity (Wildman–Crippen MR) is 30.8 cm³/mol. The molecule has 2 heteroatoms. The Morgan fingerprint density at radius 1 is 1.75 bits per heavy atom. The molecular formula is C6H12O2. The number of hydrogen-bond donors (Lipinski definition) is 0. The van der Waals surface area contributed by atoms with E-state index in [2.05, 4.69) is 6.92 Å². The third-order valence-electron chi connectivity index (χ3n) is 1.05. The van der Waals surface area contributed by atoms with Crippen LogP contribution in [0.15, 0.2) is 0 Å². The first kappa shape index (κ1) is 6.05. The SMILES string of the molecule is CCCOC[C@H]1CO1. The molecule has 1 aliphatic heterocycles. The molecule has 1 aliphatic rings. The molecular weight excluding hydrogens is 104 g/mol. The van der Waals surface area contributed by atoms with Gasteiger partial charge in [0.25, 0.3) is 0 Å². The highest BCUT2D eigenvalue weighted by Gasteiger charge is 2.21. The lowest BCUT2D eigenvalue weighted by atomic mass is 10.5. The summed E-state index contributed by atoms with van der Waals surface area (Å²) < 4.78 is 10.1. The highest BCUT2D eigenvalue weighted by molar-refractivity contribution is 4.66. The van der Waals surface area contributed by atoms with Crippen molar-refractivity contribution in [3.63, 3.8) is 0 Å². The summed E-state index contributed by atoms with van der Waals surface area (Å²) >= 11 is 0. The van der Waals surface area contributed by atoms with E-state index in [0.29, 0.717) is 6.10 Å². The van der Waals surface area contributed by atoms with Crippen molar-refractivity contribution in [1.29, 1.82) is 0 Å². The van der Waals surface area contributed by atoms with Crippen LogP contribution in [0, 0.1) is 0 Å². The summed E-state index contributed by atoms with van der Waals surface area (Å²) in [4.78, 5) is 0. The zero-order chi connectivity index (χ0) is 5.82. The maximum atomic E-state index is 5.18. The lowest BCUT2D eigenvalue weighted by Gasteiger charge is -1.95. The van der Waals surface area contributed by atoms with Gasteiger partial charge in [0.05, 0.1) is 13.2 Å². The average Bonchev–Trinajstić information content (AvgIpc) is 2.51. The van der Waals surface area contributed by atoms with Crippen LogP contribution in [-0.2, 0) is 9.47 Å². The molecule has 1 heterocycles. The second-order valence-electron chi connectivity index (χ2n) is 2.03. The zero-order valence-corrected chi connectivity index (χ0v) is 5.22. The van der Waals surface area contributed by atoms with Gasteiger partial charge >= 0.3 is 0 Å². The van der Waals surface area contributed by atoms with Crippen molar-refractivity contribution < 1.29 is 9.47 Å². The van der Waals surface area contributed by atoms with Crippen LogP contribution in [0.5, 0.6) is 0 Å². The molecule has 0 saturated carbocycles. The highest BCUT2D eigenvalue weighted by Crippen LogP contribution is 2.08. The molecule has 1 rings (SSSR count). The minimum absolute atomic E-state index is 0.432. The Morgan fingerprint density at radius 2 is 2.50 bits per heavy atom. The molecule has 0 aromatic rings. The quantitative estimate of drug-likeness (QED) is 0.400. The van der Waals surface area contributed by atoms with Gasteiger partial charge in [-0.15, -0.1) is 0 Å². The van der Waals surface area contributed by atoms with E-state index in [1.807, 2.05) is 0 Å². The number of ether oxygens (including phenoxy) is 2. The first-order valence-electron chi connectivity index (χ1n) is 3.13. The number of rotatable bonds is 4. The summed E-state index contributed by atoms with van der Waals surface area (Å²) in [5.74, 6) is 0. The van der Waals surface area contributed by atoms with Crippen LogP contribution in [0.4, 0.5) is 0 Å². The largest absolute Gasteiger partial charge is 0.379 e. The lowest BCUT2D eigenvalue weighted by Crippen LogP contribution is -2.01. The van der Waals surface area contributed by atoms with Crippen molar-refractivity contribution in [3.8, 4) is 0 Å². The third-order valence-corrected chi connectivity index (χ3v) is 1.05. The van der Waals surface area contributed by atoms with E-state index in [4.69, 9.17) is 9.47 Å². The lowest BCUT2D eigenvalue weighted by molar-refractivity contribution is 0.117. The molecule has 0 unspecified atom stereocenters. The van der Waals surface area contributed by atoms with Crippen molar-refractivity contribution in [2.75, 3.05) is 19.8 Å². The van der Waals surface area contributed by atoms with Gasteiger partial charge in [-0.3, -0.25) is 0 Å². The van der Waals surface area contributed by atoms with Crippen molar-refractivity contribution in [3.05, 3.63) is 0 Å². The van der Waals surface area contributed by atoms with Gasteiger partial charge in [-0.2, -0.15) is 0 Å². The minimum atomic E-state index is 0.432. The van der Waals surface area contributed by atoms with Crippen LogP contribution in [0.2, 0.25) is 0 Å². The van der Waals surface area contributed by atoms with Crippen molar-refractivity contribution >= 4 is 0 Å². The normalized spacial score (nSPS) is 25.9. The van der Waals surface area contributed by atoms with E-state index >= 15 is 0 Å². The number of hydrogen-bond acceptors (Lipinski definition) is 2. The highest BCUT2D eigenvalue weighted by atomic mass is 16.6. The first-order valence-corrected chi connectivity index (χ1v) is 3.13. The van der Waals surface area contributed by atoms with Crippen molar-refractivity contribution in [2.24, 2.45) is 0 Å². The summed E-state index contributed by atoms with van der Waals surface area (Å²) in [6, 6.07) is 0. The maximum Gasteiger partial charge on any atom is 0.104 e. The van der Waals surface area contributed by atoms with Gasteiger partial charge in [0, 0.05) is 6.61 Å². The molecule has 0 aromatic heterocycles. The van der Waals surface area contributed by atoms with Crippen LogP contribution in [0.25, 0.3) is 0 Å². The molecule has 0 N–H and O–H groups in total. The van der Waals surface area contributed by atoms with Crippen LogP contribution < -0.4 is 0 Å². The summed E-state index contributed by atoms with van der Waals surface area (Å²) in [6.07, 6.45) is 1.54. The fourth-order valence-electron chi connectivity index (χ4n) is 0.523. The van der Waals surface area contributed by atoms with E-state index in [1.54, 1.807) is 0 Å². The van der Waals surface area contributed by atoms with Gasteiger partial charge in [-0.1, -0.05) is 6.92 Å². The van der Waals surface area contributed by atoms with Gasteiger partial charge in [0.1, 0.15) is 6.10 Å². The zero-order valence-electron chi connectivity index (χ0n) is 5.22. The molecule has 8 heavy (non-hydrogen) atoms. The van der Waals surface area contributed by atoms with Crippen LogP contribution in [0.1, 0.15) is 13.3 Å². The maximum absolute atomic E-state index is 5.18. The van der Waals surface area contributed by atoms with Crippen LogP contribution in [0.3, 0.4) is 0 Å². The molecule has 2 nitrogen and oxygen atoms in total. The molecule has 1 fully saturated rings.